The van der Waals surface area contributed by atoms with Crippen molar-refractivity contribution in [3.8, 4) is 0 Å². The second kappa shape index (κ2) is 5.56. The Morgan fingerprint density at radius 2 is 1.78 bits per heavy atom. The van der Waals surface area contributed by atoms with Gasteiger partial charge in [-0.1, -0.05) is 0 Å². The molecule has 2 unspecified atom stereocenters. The molecule has 96 valence electrons. The molecule has 0 aromatic heterocycles. The van der Waals surface area contributed by atoms with Gasteiger partial charge in [-0.3, -0.25) is 0 Å². The van der Waals surface area contributed by atoms with Crippen LogP contribution in [0.3, 0.4) is 0 Å². The molecule has 18 heavy (non-hydrogen) atoms. The molecule has 2 heterocycles. The van der Waals surface area contributed by atoms with Crippen molar-refractivity contribution in [3.05, 3.63) is 35.9 Å². The van der Waals surface area contributed by atoms with Crippen molar-refractivity contribution in [2.24, 2.45) is 11.8 Å². The number of fused-ring (bicyclic) bond motifs is 2. The summed E-state index contributed by atoms with van der Waals surface area (Å²) >= 11 is 0.731. The quantitative estimate of drug-likeness (QED) is 0.795. The molecule has 2 aliphatic rings. The fourth-order valence-electron chi connectivity index (χ4n) is 2.95. The molecule has 3 heteroatoms. The number of carbonyl (C=O) groups excluding carboxylic acids is 1. The molecule has 3 rings (SSSR count). The number of benzene rings is 1. The molecule has 0 aliphatic carbocycles. The molecule has 1 aromatic rings. The van der Waals surface area contributed by atoms with E-state index in [1.54, 1.807) is 0 Å². The van der Waals surface area contributed by atoms with Gasteiger partial charge in [-0.25, -0.2) is 0 Å². The second-order valence-electron chi connectivity index (χ2n) is 5.33. The van der Waals surface area contributed by atoms with E-state index in [1.165, 1.54) is 16.2 Å². The van der Waals surface area contributed by atoms with Crippen LogP contribution in [-0.2, 0) is 11.2 Å². The van der Waals surface area contributed by atoms with Crippen molar-refractivity contribution in [3.63, 3.8) is 0 Å². The molecular formula is C15H19NOSe. The Hall–Kier alpha value is -0.631. The Labute approximate surface area is 115 Å². The topological polar surface area (TPSA) is 20.3 Å². The van der Waals surface area contributed by atoms with Crippen LogP contribution < -0.4 is 0 Å². The number of Topliss-reactive ketones (excluding diaryl/α,β-unsaturated/α-hetero) is 1. The molecule has 0 amide bonds. The van der Waals surface area contributed by atoms with Gasteiger partial charge in [-0.15, -0.1) is 0 Å². The minimum absolute atomic E-state index is 0.369. The van der Waals surface area contributed by atoms with E-state index >= 15 is 0 Å². The molecule has 2 nitrogen and oxygen atoms in total. The predicted molar refractivity (Wildman–Crippen MR) is 73.9 cm³/mol. The fourth-order valence-corrected chi connectivity index (χ4v) is 5.56. The summed E-state index contributed by atoms with van der Waals surface area (Å²) in [5, 5.41) is 2.37. The minimum atomic E-state index is 0.369. The third kappa shape index (κ3) is 2.69. The number of hydrogen-bond acceptors (Lipinski definition) is 2. The predicted octanol–water partition coefficient (Wildman–Crippen LogP) is 1.90. The molecule has 0 saturated carbocycles. The van der Waals surface area contributed by atoms with Gasteiger partial charge < -0.3 is 0 Å². The number of rotatable bonds is 3. The molecular weight excluding hydrogens is 289 g/mol. The van der Waals surface area contributed by atoms with Crippen LogP contribution in [-0.4, -0.2) is 45.3 Å². The zero-order valence-electron chi connectivity index (χ0n) is 10.5. The Morgan fingerprint density at radius 1 is 1.11 bits per heavy atom. The van der Waals surface area contributed by atoms with Crippen LogP contribution in [0.5, 0.6) is 0 Å². The summed E-state index contributed by atoms with van der Waals surface area (Å²) in [4.78, 5) is 14.5. The standard InChI is InChI=1S/C15H19NOSe/c17-15-13-8-16(9-14(15)11-18-10-13)7-6-12-4-2-1-3-5-12/h1-5,13-14H,6-11H2. The number of ketones is 1. The third-order valence-electron chi connectivity index (χ3n) is 3.96. The summed E-state index contributed by atoms with van der Waals surface area (Å²) < 4.78 is 0. The van der Waals surface area contributed by atoms with E-state index in [0.29, 0.717) is 17.6 Å². The zero-order chi connectivity index (χ0) is 12.4. The van der Waals surface area contributed by atoms with Crippen LogP contribution in [0.25, 0.3) is 0 Å². The average molecular weight is 308 g/mol. The number of likely N-dealkylation sites (tertiary alicyclic amines) is 1. The average Bonchev–Trinajstić information content (AvgIpc) is 2.38. The van der Waals surface area contributed by atoms with E-state index in [4.69, 9.17) is 0 Å². The molecule has 2 aliphatic heterocycles. The van der Waals surface area contributed by atoms with E-state index in [-0.39, 0.29) is 0 Å². The van der Waals surface area contributed by atoms with Gasteiger partial charge in [0.15, 0.2) is 0 Å². The van der Waals surface area contributed by atoms with Gasteiger partial charge in [0.1, 0.15) is 0 Å². The molecule has 2 bridgehead atoms. The maximum atomic E-state index is 12.0. The van der Waals surface area contributed by atoms with E-state index < -0.39 is 0 Å². The van der Waals surface area contributed by atoms with Crippen LogP contribution in [0.4, 0.5) is 0 Å². The number of carbonyl (C=O) groups is 1. The Bertz CT molecular complexity index is 404. The van der Waals surface area contributed by atoms with Gasteiger partial charge in [0.05, 0.1) is 0 Å². The molecule has 0 radical (unpaired) electrons. The second-order valence-corrected chi connectivity index (χ2v) is 7.58. The van der Waals surface area contributed by atoms with Crippen molar-refractivity contribution in [2.75, 3.05) is 19.6 Å². The SMILES string of the molecule is O=C1C2C[Se]CC1CN(CCc1ccccc1)C2. The fraction of sp³-hybridized carbons (Fsp3) is 0.533. The molecule has 2 saturated heterocycles. The van der Waals surface area contributed by atoms with Gasteiger partial charge in [0, 0.05) is 0 Å². The normalized spacial score (nSPS) is 28.3. The van der Waals surface area contributed by atoms with Crippen LogP contribution in [0.1, 0.15) is 5.56 Å². The Morgan fingerprint density at radius 3 is 2.44 bits per heavy atom. The van der Waals surface area contributed by atoms with Crippen LogP contribution in [0, 0.1) is 11.8 Å². The van der Waals surface area contributed by atoms with Crippen molar-refractivity contribution >= 4 is 20.7 Å². The van der Waals surface area contributed by atoms with Crippen molar-refractivity contribution in [1.82, 2.24) is 4.90 Å². The van der Waals surface area contributed by atoms with Gasteiger partial charge in [-0.05, 0) is 0 Å². The van der Waals surface area contributed by atoms with Gasteiger partial charge in [-0.2, -0.15) is 0 Å². The summed E-state index contributed by atoms with van der Waals surface area (Å²) in [5.41, 5.74) is 1.41. The van der Waals surface area contributed by atoms with Crippen LogP contribution in [0.15, 0.2) is 30.3 Å². The Balaban J connectivity index is 1.57. The first-order valence-electron chi connectivity index (χ1n) is 6.70. The third-order valence-corrected chi connectivity index (χ3v) is 6.64. The first-order valence-corrected chi connectivity index (χ1v) is 9.13. The number of nitrogens with zero attached hydrogens (tertiary/aromatic N) is 1. The number of hydrogen-bond donors (Lipinski definition) is 0. The van der Waals surface area contributed by atoms with Crippen LogP contribution >= 0.6 is 0 Å². The van der Waals surface area contributed by atoms with Gasteiger partial charge >= 0.3 is 115 Å². The van der Waals surface area contributed by atoms with E-state index in [0.717, 1.165) is 41.0 Å². The van der Waals surface area contributed by atoms with E-state index in [2.05, 4.69) is 35.2 Å². The summed E-state index contributed by atoms with van der Waals surface area (Å²) in [6.45, 7) is 3.14. The van der Waals surface area contributed by atoms with Crippen molar-refractivity contribution in [2.45, 2.75) is 17.1 Å². The molecule has 1 aromatic carbocycles. The Kier molecular flexibility index (Phi) is 3.83. The maximum absolute atomic E-state index is 12.0. The zero-order valence-corrected chi connectivity index (χ0v) is 12.3. The molecule has 0 spiro atoms. The van der Waals surface area contributed by atoms with Crippen LogP contribution in [0.2, 0.25) is 10.6 Å². The molecule has 2 atom stereocenters. The summed E-state index contributed by atoms with van der Waals surface area (Å²) in [5.74, 6) is 1.31. The van der Waals surface area contributed by atoms with Gasteiger partial charge in [0.2, 0.25) is 0 Å². The van der Waals surface area contributed by atoms with Gasteiger partial charge in [0.25, 0.3) is 0 Å². The summed E-state index contributed by atoms with van der Waals surface area (Å²) in [7, 11) is 0. The van der Waals surface area contributed by atoms with E-state index in [9.17, 15) is 4.79 Å². The first-order chi connectivity index (χ1) is 8.83. The first kappa shape index (κ1) is 12.4. The number of piperidine rings is 1. The summed E-state index contributed by atoms with van der Waals surface area (Å²) in [6.07, 6.45) is 1.11. The monoisotopic (exact) mass is 309 g/mol. The molecule has 2 fully saturated rings. The van der Waals surface area contributed by atoms with E-state index in [1.807, 2.05) is 0 Å². The van der Waals surface area contributed by atoms with Crippen molar-refractivity contribution < 1.29 is 4.79 Å². The summed E-state index contributed by atoms with van der Waals surface area (Å²) in [6, 6.07) is 10.7. The molecule has 0 N–H and O–H groups in total. The van der Waals surface area contributed by atoms with Crippen molar-refractivity contribution in [1.29, 1.82) is 0 Å².